The normalized spacial score (nSPS) is 25.0. The van der Waals surface area contributed by atoms with Crippen molar-refractivity contribution >= 4 is 44.8 Å². The van der Waals surface area contributed by atoms with E-state index >= 15 is 0 Å². The summed E-state index contributed by atoms with van der Waals surface area (Å²) in [5.41, 5.74) is 4.79. The van der Waals surface area contributed by atoms with Gasteiger partial charge < -0.3 is 5.32 Å². The van der Waals surface area contributed by atoms with E-state index in [0.717, 1.165) is 72.8 Å². The molecular weight excluding hydrogens is 518 g/mol. The Labute approximate surface area is 215 Å². The molecule has 1 amide bonds. The topological polar surface area (TPSA) is 46.9 Å². The number of nitrogens with one attached hydrogen (secondary N) is 1. The first kappa shape index (κ1) is 23.9. The van der Waals surface area contributed by atoms with E-state index in [9.17, 15) is 4.79 Å². The van der Waals surface area contributed by atoms with Gasteiger partial charge in [0, 0.05) is 24.5 Å². The lowest BCUT2D eigenvalue weighted by molar-refractivity contribution is -0.103. The van der Waals surface area contributed by atoms with Crippen molar-refractivity contribution in [3.8, 4) is 10.6 Å². The van der Waals surface area contributed by atoms with Crippen molar-refractivity contribution in [2.45, 2.75) is 78.2 Å². The number of hydrogen-bond donors (Lipinski definition) is 1. The van der Waals surface area contributed by atoms with Gasteiger partial charge in [-0.25, -0.2) is 0 Å². The van der Waals surface area contributed by atoms with Crippen LogP contribution in [0.15, 0.2) is 9.85 Å². The number of hydrogen-bond acceptors (Lipinski definition) is 3. The highest BCUT2D eigenvalue weighted by Crippen LogP contribution is 2.61. The summed E-state index contributed by atoms with van der Waals surface area (Å²) < 4.78 is 3.27. The monoisotopic (exact) mass is 551 g/mol. The largest absolute Gasteiger partial charge is 0.350 e. The third-order valence-corrected chi connectivity index (χ3v) is 10.6. The highest BCUT2D eigenvalue weighted by molar-refractivity contribution is 9.11. The Bertz CT molecular complexity index is 1030. The smallest absolute Gasteiger partial charge is 0.272 e. The minimum atomic E-state index is 0.0177. The van der Waals surface area contributed by atoms with Crippen LogP contribution in [0.2, 0.25) is 0 Å². The van der Waals surface area contributed by atoms with Crippen molar-refractivity contribution in [1.29, 1.82) is 0 Å². The molecule has 2 heterocycles. The fraction of sp³-hybridized carbons (Fsp3) is 0.692. The molecule has 2 bridgehead atoms. The molecular formula is C26H35BrClN3OS. The van der Waals surface area contributed by atoms with E-state index in [-0.39, 0.29) is 5.91 Å². The predicted molar refractivity (Wildman–Crippen MR) is 140 cm³/mol. The van der Waals surface area contributed by atoms with Gasteiger partial charge in [-0.05, 0) is 102 Å². The number of carbonyl (C=O) groups is 1. The highest BCUT2D eigenvalue weighted by atomic mass is 79.9. The first-order valence-corrected chi connectivity index (χ1v) is 14.8. The van der Waals surface area contributed by atoms with Crippen LogP contribution in [0, 0.1) is 23.2 Å². The Morgan fingerprint density at radius 2 is 2.15 bits per heavy atom. The van der Waals surface area contributed by atoms with Crippen molar-refractivity contribution in [2.24, 2.45) is 23.2 Å². The zero-order valence-corrected chi connectivity index (χ0v) is 22.9. The number of aryl methyl sites for hydroxylation is 2. The molecule has 0 saturated heterocycles. The minimum Gasteiger partial charge on any atom is -0.350 e. The van der Waals surface area contributed by atoms with Crippen LogP contribution >= 0.6 is 38.9 Å². The third-order valence-electron chi connectivity index (χ3n) is 8.66. The summed E-state index contributed by atoms with van der Waals surface area (Å²) in [4.78, 5) is 14.7. The second-order valence-electron chi connectivity index (χ2n) is 10.8. The molecule has 0 spiro atoms. The van der Waals surface area contributed by atoms with Crippen LogP contribution in [0.3, 0.4) is 0 Å². The molecule has 0 aromatic carbocycles. The van der Waals surface area contributed by atoms with Gasteiger partial charge >= 0.3 is 0 Å². The fourth-order valence-corrected chi connectivity index (χ4v) is 8.58. The summed E-state index contributed by atoms with van der Waals surface area (Å²) in [5, 5.41) is 8.24. The lowest BCUT2D eigenvalue weighted by atomic mass is 9.45. The Morgan fingerprint density at radius 1 is 1.30 bits per heavy atom. The number of unbranched alkanes of at least 4 members (excludes halogenated alkanes) is 2. The van der Waals surface area contributed by atoms with Crippen LogP contribution in [0.1, 0.15) is 80.4 Å². The maximum absolute atomic E-state index is 13.4. The quantitative estimate of drug-likeness (QED) is 0.281. The molecule has 2 aromatic rings. The van der Waals surface area contributed by atoms with Gasteiger partial charge in [0.2, 0.25) is 0 Å². The van der Waals surface area contributed by atoms with Gasteiger partial charge in [0.15, 0.2) is 5.69 Å². The molecule has 1 N–H and O–H groups in total. The van der Waals surface area contributed by atoms with Gasteiger partial charge in [0.05, 0.1) is 14.4 Å². The zero-order chi connectivity index (χ0) is 23.2. The molecule has 180 valence electrons. The number of rotatable bonds is 8. The van der Waals surface area contributed by atoms with E-state index in [1.165, 1.54) is 35.4 Å². The van der Waals surface area contributed by atoms with E-state index in [4.69, 9.17) is 16.7 Å². The Kier molecular flexibility index (Phi) is 6.99. The average Bonchev–Trinajstić information content (AvgIpc) is 3.29. The summed E-state index contributed by atoms with van der Waals surface area (Å²) in [6.07, 6.45) is 10.1. The fourth-order valence-electron chi connectivity index (χ4n) is 6.62. The maximum Gasteiger partial charge on any atom is 0.272 e. The molecule has 2 aromatic heterocycles. The molecule has 6 rings (SSSR count). The van der Waals surface area contributed by atoms with Crippen LogP contribution in [0.25, 0.3) is 10.6 Å². The van der Waals surface area contributed by atoms with Gasteiger partial charge in [-0.3, -0.25) is 9.48 Å². The summed E-state index contributed by atoms with van der Waals surface area (Å²) in [7, 11) is 0. The van der Waals surface area contributed by atoms with Gasteiger partial charge in [-0.2, -0.15) is 5.10 Å². The first-order valence-electron chi connectivity index (χ1n) is 12.6. The molecule has 0 radical (unpaired) electrons. The van der Waals surface area contributed by atoms with Crippen LogP contribution in [-0.4, -0.2) is 28.1 Å². The lowest BCUT2D eigenvalue weighted by Crippen LogP contribution is -2.54. The Hall–Kier alpha value is -0.850. The van der Waals surface area contributed by atoms with E-state index in [1.807, 2.05) is 0 Å². The highest BCUT2D eigenvalue weighted by Gasteiger charge is 2.54. The molecule has 3 saturated carbocycles. The van der Waals surface area contributed by atoms with E-state index < -0.39 is 0 Å². The van der Waals surface area contributed by atoms with E-state index in [1.54, 1.807) is 11.3 Å². The van der Waals surface area contributed by atoms with Crippen molar-refractivity contribution in [3.63, 3.8) is 0 Å². The Morgan fingerprint density at radius 3 is 2.91 bits per heavy atom. The van der Waals surface area contributed by atoms with Crippen LogP contribution in [0.4, 0.5) is 0 Å². The SMILES string of the molecule is CC1(C)C2CCC(CNC(=O)c3nn(CCCCCCl)c4c3CCCc3cc(Br)sc3-4)C1C2. The van der Waals surface area contributed by atoms with Gasteiger partial charge in [0.25, 0.3) is 5.91 Å². The molecule has 0 aliphatic heterocycles. The molecule has 4 nitrogen and oxygen atoms in total. The average molecular weight is 553 g/mol. The predicted octanol–water partition coefficient (Wildman–Crippen LogP) is 7.07. The molecule has 33 heavy (non-hydrogen) atoms. The van der Waals surface area contributed by atoms with Crippen molar-refractivity contribution in [1.82, 2.24) is 15.1 Å². The van der Waals surface area contributed by atoms with Crippen molar-refractivity contribution < 1.29 is 4.79 Å². The van der Waals surface area contributed by atoms with Crippen molar-refractivity contribution in [2.75, 3.05) is 12.4 Å². The van der Waals surface area contributed by atoms with Crippen LogP contribution in [0.5, 0.6) is 0 Å². The number of thiophene rings is 1. The summed E-state index contributed by atoms with van der Waals surface area (Å²) >= 11 is 11.3. The summed E-state index contributed by atoms with van der Waals surface area (Å²) in [6, 6.07) is 2.25. The van der Waals surface area contributed by atoms with Crippen LogP contribution < -0.4 is 5.32 Å². The number of halogens is 2. The van der Waals surface area contributed by atoms with Gasteiger partial charge in [-0.15, -0.1) is 22.9 Å². The molecule has 7 heteroatoms. The Balaban J connectivity index is 1.38. The maximum atomic E-state index is 13.4. The minimum absolute atomic E-state index is 0.0177. The second kappa shape index (κ2) is 9.66. The number of amides is 1. The van der Waals surface area contributed by atoms with Gasteiger partial charge in [0.1, 0.15) is 0 Å². The lowest BCUT2D eigenvalue weighted by Gasteiger charge is -2.60. The third kappa shape index (κ3) is 4.45. The van der Waals surface area contributed by atoms with Crippen LogP contribution in [-0.2, 0) is 19.4 Å². The van der Waals surface area contributed by atoms with Crippen molar-refractivity contribution in [3.05, 3.63) is 26.7 Å². The van der Waals surface area contributed by atoms with Gasteiger partial charge in [-0.1, -0.05) is 20.3 Å². The summed E-state index contributed by atoms with van der Waals surface area (Å²) in [5.74, 6) is 2.96. The number of carbonyl (C=O) groups excluding carboxylic acids is 1. The summed E-state index contributed by atoms with van der Waals surface area (Å²) in [6.45, 7) is 6.46. The first-order chi connectivity index (χ1) is 15.9. The molecule has 3 unspecified atom stereocenters. The molecule has 3 atom stereocenters. The zero-order valence-electron chi connectivity index (χ0n) is 19.8. The molecule has 4 aliphatic rings. The van der Waals surface area contributed by atoms with E-state index in [2.05, 4.69) is 45.8 Å². The number of aromatic nitrogens is 2. The van der Waals surface area contributed by atoms with E-state index in [0.29, 0.717) is 22.9 Å². The second-order valence-corrected chi connectivity index (χ2v) is 13.6. The molecule has 3 fully saturated rings. The number of alkyl halides is 1. The number of fused-ring (bicyclic) bond motifs is 5. The molecule has 4 aliphatic carbocycles. The number of nitrogens with zero attached hydrogens (tertiary/aromatic N) is 2. The standard InChI is InChI=1S/C26H35BrClN3OS/c1-26(2)18-10-9-17(20(26)14-18)15-29-25(32)22-19-8-6-7-16-13-21(27)33-24(16)23(19)31(30-22)12-5-3-4-11-28/h13,17-18,20H,3-12,14-15H2,1-2H3,(H,29,32).